The molecule has 0 spiro atoms. The van der Waals surface area contributed by atoms with Gasteiger partial charge in [-0.15, -0.1) is 0 Å². The molecule has 4 heteroatoms. The Morgan fingerprint density at radius 3 is 2.47 bits per heavy atom. The van der Waals surface area contributed by atoms with Crippen molar-refractivity contribution in [3.8, 4) is 0 Å². The van der Waals surface area contributed by atoms with E-state index in [2.05, 4.69) is 78.1 Å². The summed E-state index contributed by atoms with van der Waals surface area (Å²) in [6.45, 7) is 14.6. The first-order chi connectivity index (χ1) is 14.4. The highest BCUT2D eigenvalue weighted by Crippen LogP contribution is 2.27. The number of nitrogens with one attached hydrogen (secondary N) is 2. The molecule has 30 heavy (non-hydrogen) atoms. The number of aryl methyl sites for hydroxylation is 2. The highest BCUT2D eigenvalue weighted by molar-refractivity contribution is 5.71. The van der Waals surface area contributed by atoms with Crippen molar-refractivity contribution >= 4 is 11.4 Å². The van der Waals surface area contributed by atoms with Crippen molar-refractivity contribution in [3.05, 3.63) is 105 Å². The summed E-state index contributed by atoms with van der Waals surface area (Å²) in [5.74, 6) is 0. The third-order valence-corrected chi connectivity index (χ3v) is 5.54. The lowest BCUT2D eigenvalue weighted by atomic mass is 10.0. The minimum Gasteiger partial charge on any atom is -0.381 e. The molecule has 0 aliphatic carbocycles. The molecule has 1 aromatic heterocycles. The Bertz CT molecular complexity index is 1080. The summed E-state index contributed by atoms with van der Waals surface area (Å²) < 4.78 is 0. The van der Waals surface area contributed by atoms with Crippen molar-refractivity contribution in [2.24, 2.45) is 0 Å². The lowest BCUT2D eigenvalue weighted by Gasteiger charge is -2.27. The number of anilines is 1. The molecule has 2 N–H and O–H groups in total. The molecule has 3 aromatic rings. The van der Waals surface area contributed by atoms with Crippen molar-refractivity contribution < 1.29 is 0 Å². The molecule has 0 amide bonds. The van der Waals surface area contributed by atoms with Gasteiger partial charge in [0.2, 0.25) is 0 Å². The minimum atomic E-state index is -0.0432. The van der Waals surface area contributed by atoms with E-state index in [0.29, 0.717) is 6.54 Å². The van der Waals surface area contributed by atoms with Crippen molar-refractivity contribution in [3.63, 3.8) is 0 Å². The molecule has 3 rings (SSSR count). The van der Waals surface area contributed by atoms with Crippen LogP contribution in [0.4, 0.5) is 5.69 Å². The van der Waals surface area contributed by atoms with Gasteiger partial charge in [0.15, 0.2) is 0 Å². The number of nitrogens with zero attached hydrogens (tertiary/aromatic N) is 1. The zero-order valence-corrected chi connectivity index (χ0v) is 18.4. The SMILES string of the molecule is C=C(NCc1c(C)cc(C)[nH]c1=O)c1cccc(N(CC)Cc2ccccc2)c1C. The average Bonchev–Trinajstić information content (AvgIpc) is 2.72. The predicted molar refractivity (Wildman–Crippen MR) is 127 cm³/mol. The van der Waals surface area contributed by atoms with Gasteiger partial charge in [0, 0.05) is 47.8 Å². The fraction of sp³-hybridized carbons (Fsp3) is 0.269. The molecule has 156 valence electrons. The van der Waals surface area contributed by atoms with Crippen LogP contribution < -0.4 is 15.8 Å². The van der Waals surface area contributed by atoms with Crippen LogP contribution >= 0.6 is 0 Å². The molecule has 0 saturated heterocycles. The fourth-order valence-electron chi connectivity index (χ4n) is 3.86. The van der Waals surface area contributed by atoms with E-state index in [1.54, 1.807) is 0 Å². The number of aromatic amines is 1. The number of rotatable bonds is 8. The molecule has 0 radical (unpaired) electrons. The van der Waals surface area contributed by atoms with Gasteiger partial charge in [0.05, 0.1) is 0 Å². The first-order valence-corrected chi connectivity index (χ1v) is 10.4. The van der Waals surface area contributed by atoms with Crippen LogP contribution in [0, 0.1) is 20.8 Å². The number of pyridine rings is 1. The molecule has 0 bridgehead atoms. The molecule has 0 saturated carbocycles. The van der Waals surface area contributed by atoms with Crippen LogP contribution in [0.15, 0.2) is 66.0 Å². The summed E-state index contributed by atoms with van der Waals surface area (Å²) >= 11 is 0. The van der Waals surface area contributed by atoms with E-state index in [9.17, 15) is 4.79 Å². The molecule has 0 unspecified atom stereocenters. The summed E-state index contributed by atoms with van der Waals surface area (Å²) in [6.07, 6.45) is 0. The number of benzene rings is 2. The van der Waals surface area contributed by atoms with Gasteiger partial charge < -0.3 is 15.2 Å². The topological polar surface area (TPSA) is 48.1 Å². The highest BCUT2D eigenvalue weighted by atomic mass is 16.1. The van der Waals surface area contributed by atoms with Crippen molar-refractivity contribution in [1.29, 1.82) is 0 Å². The Morgan fingerprint density at radius 1 is 1.07 bits per heavy atom. The Kier molecular flexibility index (Phi) is 6.78. The molecule has 0 aliphatic heterocycles. The quantitative estimate of drug-likeness (QED) is 0.553. The fourth-order valence-corrected chi connectivity index (χ4v) is 3.86. The first-order valence-electron chi connectivity index (χ1n) is 10.4. The maximum absolute atomic E-state index is 12.3. The lowest BCUT2D eigenvalue weighted by Crippen LogP contribution is -2.24. The van der Waals surface area contributed by atoms with E-state index in [0.717, 1.165) is 41.2 Å². The number of H-pyrrole nitrogens is 1. The van der Waals surface area contributed by atoms with E-state index >= 15 is 0 Å². The maximum Gasteiger partial charge on any atom is 0.253 e. The number of aromatic nitrogens is 1. The van der Waals surface area contributed by atoms with E-state index in [-0.39, 0.29) is 5.56 Å². The first kappa shape index (κ1) is 21.4. The van der Waals surface area contributed by atoms with Crippen LogP contribution in [0.5, 0.6) is 0 Å². The zero-order valence-electron chi connectivity index (χ0n) is 18.4. The summed E-state index contributed by atoms with van der Waals surface area (Å²) in [7, 11) is 0. The van der Waals surface area contributed by atoms with Crippen LogP contribution in [0.25, 0.3) is 5.70 Å². The highest BCUT2D eigenvalue weighted by Gasteiger charge is 2.13. The second-order valence-electron chi connectivity index (χ2n) is 7.72. The third-order valence-electron chi connectivity index (χ3n) is 5.54. The molecular weight excluding hydrogens is 370 g/mol. The molecule has 2 aromatic carbocycles. The molecule has 0 aliphatic rings. The maximum atomic E-state index is 12.3. The van der Waals surface area contributed by atoms with Crippen molar-refractivity contribution in [2.75, 3.05) is 11.4 Å². The summed E-state index contributed by atoms with van der Waals surface area (Å²) in [5.41, 5.74) is 8.13. The normalized spacial score (nSPS) is 10.7. The van der Waals surface area contributed by atoms with Crippen LogP contribution in [-0.2, 0) is 13.1 Å². The van der Waals surface area contributed by atoms with Gasteiger partial charge in [-0.2, -0.15) is 0 Å². The van der Waals surface area contributed by atoms with Gasteiger partial charge in [0.1, 0.15) is 0 Å². The zero-order chi connectivity index (χ0) is 21.7. The Labute approximate surface area is 179 Å². The van der Waals surface area contributed by atoms with Gasteiger partial charge in [-0.3, -0.25) is 4.79 Å². The van der Waals surface area contributed by atoms with E-state index < -0.39 is 0 Å². The second kappa shape index (κ2) is 9.49. The van der Waals surface area contributed by atoms with Gasteiger partial charge in [0.25, 0.3) is 5.56 Å². The van der Waals surface area contributed by atoms with Crippen LogP contribution in [0.3, 0.4) is 0 Å². The molecule has 1 heterocycles. The summed E-state index contributed by atoms with van der Waals surface area (Å²) in [6, 6.07) is 18.8. The number of hydrogen-bond donors (Lipinski definition) is 2. The monoisotopic (exact) mass is 401 g/mol. The molecular formula is C26H31N3O. The summed E-state index contributed by atoms with van der Waals surface area (Å²) in [4.78, 5) is 17.5. The van der Waals surface area contributed by atoms with Crippen LogP contribution in [0.2, 0.25) is 0 Å². The van der Waals surface area contributed by atoms with Crippen molar-refractivity contribution in [2.45, 2.75) is 40.8 Å². The third kappa shape index (κ3) is 4.82. The Hall–Kier alpha value is -3.27. The standard InChI is InChI=1S/C26H31N3O/c1-6-29(17-22-11-8-7-9-12-22)25-14-10-13-23(20(25)4)21(5)27-16-24-18(2)15-19(3)28-26(24)30/h7-15,27H,5-6,16-17H2,1-4H3,(H,28,30). The van der Waals surface area contributed by atoms with Gasteiger partial charge in [-0.25, -0.2) is 0 Å². The van der Waals surface area contributed by atoms with E-state index in [4.69, 9.17) is 0 Å². The van der Waals surface area contributed by atoms with Gasteiger partial charge >= 0.3 is 0 Å². The molecule has 0 fully saturated rings. The van der Waals surface area contributed by atoms with E-state index in [1.165, 1.54) is 16.8 Å². The minimum absolute atomic E-state index is 0.0432. The largest absolute Gasteiger partial charge is 0.381 e. The van der Waals surface area contributed by atoms with Crippen molar-refractivity contribution in [1.82, 2.24) is 10.3 Å². The number of hydrogen-bond acceptors (Lipinski definition) is 3. The van der Waals surface area contributed by atoms with Gasteiger partial charge in [-0.05, 0) is 56.5 Å². The lowest BCUT2D eigenvalue weighted by molar-refractivity contribution is 0.825. The van der Waals surface area contributed by atoms with Gasteiger partial charge in [-0.1, -0.05) is 49.0 Å². The van der Waals surface area contributed by atoms with E-state index in [1.807, 2.05) is 26.0 Å². The Balaban J connectivity index is 1.80. The predicted octanol–water partition coefficient (Wildman–Crippen LogP) is 5.09. The van der Waals surface area contributed by atoms with Crippen LogP contribution in [-0.4, -0.2) is 11.5 Å². The smallest absolute Gasteiger partial charge is 0.253 e. The average molecular weight is 402 g/mol. The molecule has 0 atom stereocenters. The summed E-state index contributed by atoms with van der Waals surface area (Å²) in [5, 5.41) is 3.36. The molecule has 4 nitrogen and oxygen atoms in total. The van der Waals surface area contributed by atoms with Crippen LogP contribution in [0.1, 0.15) is 40.4 Å². The second-order valence-corrected chi connectivity index (χ2v) is 7.72. The Morgan fingerprint density at radius 2 is 1.80 bits per heavy atom.